The summed E-state index contributed by atoms with van der Waals surface area (Å²) < 4.78 is 4.99. The quantitative estimate of drug-likeness (QED) is 0.403. The average Bonchev–Trinajstić information content (AvgIpc) is 2.43. The number of hydrogen-bond donors (Lipinski definition) is 0. The van der Waals surface area contributed by atoms with Crippen LogP contribution in [0, 0.1) is 6.92 Å². The summed E-state index contributed by atoms with van der Waals surface area (Å²) in [7, 11) is 1.49. The monoisotopic (exact) mass is 263 g/mol. The standard InChI is InChI=1S/C13H13NO5/c1-9-5-10(19-2)3-4-11(9)13(18)12(17)6-14(7-15)8-16/h3-5,7-8H,6H2,1-2H3. The molecule has 0 aromatic heterocycles. The number of carbonyl (C=O) groups excluding carboxylic acids is 4. The fourth-order valence-electron chi connectivity index (χ4n) is 1.51. The van der Waals surface area contributed by atoms with Crippen LogP contribution in [0.4, 0.5) is 0 Å². The molecule has 100 valence electrons. The maximum Gasteiger partial charge on any atom is 0.230 e. The molecule has 0 saturated carbocycles. The number of ketones is 2. The van der Waals surface area contributed by atoms with Gasteiger partial charge >= 0.3 is 0 Å². The van der Waals surface area contributed by atoms with Gasteiger partial charge in [-0.25, -0.2) is 0 Å². The van der Waals surface area contributed by atoms with Crippen LogP contribution in [0.3, 0.4) is 0 Å². The molecule has 6 heteroatoms. The summed E-state index contributed by atoms with van der Waals surface area (Å²) in [5.41, 5.74) is 0.809. The molecule has 1 aromatic carbocycles. The third-order valence-corrected chi connectivity index (χ3v) is 2.53. The Morgan fingerprint density at radius 2 is 1.89 bits per heavy atom. The predicted molar refractivity (Wildman–Crippen MR) is 65.9 cm³/mol. The minimum Gasteiger partial charge on any atom is -0.497 e. The summed E-state index contributed by atoms with van der Waals surface area (Å²) in [6, 6.07) is 4.66. The van der Waals surface area contributed by atoms with E-state index < -0.39 is 18.1 Å². The van der Waals surface area contributed by atoms with E-state index in [1.807, 2.05) is 0 Å². The summed E-state index contributed by atoms with van der Waals surface area (Å²) in [5, 5.41) is 0. The molecule has 6 nitrogen and oxygen atoms in total. The van der Waals surface area contributed by atoms with E-state index in [0.717, 1.165) is 0 Å². The average molecular weight is 263 g/mol. The smallest absolute Gasteiger partial charge is 0.230 e. The molecule has 1 aromatic rings. The van der Waals surface area contributed by atoms with Crippen LogP contribution in [-0.2, 0) is 14.4 Å². The molecular weight excluding hydrogens is 250 g/mol. The van der Waals surface area contributed by atoms with E-state index in [9.17, 15) is 19.2 Å². The highest BCUT2D eigenvalue weighted by molar-refractivity contribution is 6.45. The lowest BCUT2D eigenvalue weighted by atomic mass is 10.0. The molecule has 0 unspecified atom stereocenters. The number of benzene rings is 1. The van der Waals surface area contributed by atoms with Crippen molar-refractivity contribution in [3.63, 3.8) is 0 Å². The van der Waals surface area contributed by atoms with Crippen molar-refractivity contribution in [2.75, 3.05) is 13.7 Å². The second-order valence-electron chi connectivity index (χ2n) is 3.82. The van der Waals surface area contributed by atoms with Crippen LogP contribution >= 0.6 is 0 Å². The number of hydrogen-bond acceptors (Lipinski definition) is 5. The number of aryl methyl sites for hydroxylation is 1. The van der Waals surface area contributed by atoms with Gasteiger partial charge in [0.25, 0.3) is 0 Å². The summed E-state index contributed by atoms with van der Waals surface area (Å²) in [5.74, 6) is -0.995. The fourth-order valence-corrected chi connectivity index (χ4v) is 1.51. The van der Waals surface area contributed by atoms with E-state index >= 15 is 0 Å². The first-order valence-corrected chi connectivity index (χ1v) is 5.42. The van der Waals surface area contributed by atoms with Gasteiger partial charge in [-0.3, -0.25) is 24.1 Å². The van der Waals surface area contributed by atoms with Crippen molar-refractivity contribution in [3.8, 4) is 5.75 Å². The molecule has 0 aliphatic rings. The van der Waals surface area contributed by atoms with Crippen molar-refractivity contribution >= 4 is 24.4 Å². The number of ether oxygens (including phenoxy) is 1. The van der Waals surface area contributed by atoms with Crippen molar-refractivity contribution in [1.82, 2.24) is 4.90 Å². The fraction of sp³-hybridized carbons (Fsp3) is 0.231. The lowest BCUT2D eigenvalue weighted by molar-refractivity contribution is -0.133. The number of amides is 2. The normalized spacial score (nSPS) is 9.58. The van der Waals surface area contributed by atoms with Crippen LogP contribution in [0.5, 0.6) is 5.75 Å². The van der Waals surface area contributed by atoms with Gasteiger partial charge < -0.3 is 4.74 Å². The molecule has 0 aliphatic heterocycles. The number of nitrogens with zero attached hydrogens (tertiary/aromatic N) is 1. The Labute approximate surface area is 110 Å². The molecule has 0 atom stereocenters. The molecule has 0 N–H and O–H groups in total. The van der Waals surface area contributed by atoms with Gasteiger partial charge in [-0.15, -0.1) is 0 Å². The van der Waals surface area contributed by atoms with Crippen LogP contribution in [-0.4, -0.2) is 42.9 Å². The molecule has 0 fully saturated rings. The van der Waals surface area contributed by atoms with Crippen molar-refractivity contribution in [3.05, 3.63) is 29.3 Å². The van der Waals surface area contributed by atoms with E-state index in [1.54, 1.807) is 19.1 Å². The Kier molecular flexibility index (Phi) is 4.93. The molecule has 0 spiro atoms. The third kappa shape index (κ3) is 3.48. The first-order chi connectivity index (χ1) is 9.03. The number of rotatable bonds is 7. The van der Waals surface area contributed by atoms with Gasteiger partial charge in [0.05, 0.1) is 13.7 Å². The van der Waals surface area contributed by atoms with Gasteiger partial charge in [0.15, 0.2) is 0 Å². The second kappa shape index (κ2) is 6.44. The van der Waals surface area contributed by atoms with Crippen LogP contribution < -0.4 is 4.74 Å². The summed E-state index contributed by atoms with van der Waals surface area (Å²) in [6.45, 7) is 1.11. The highest BCUT2D eigenvalue weighted by Gasteiger charge is 2.20. The number of imide groups is 1. The minimum absolute atomic E-state index is 0.194. The van der Waals surface area contributed by atoms with Crippen molar-refractivity contribution in [1.29, 1.82) is 0 Å². The Morgan fingerprint density at radius 1 is 1.26 bits per heavy atom. The highest BCUT2D eigenvalue weighted by atomic mass is 16.5. The largest absolute Gasteiger partial charge is 0.497 e. The van der Waals surface area contributed by atoms with Gasteiger partial charge in [0.1, 0.15) is 5.75 Å². The van der Waals surface area contributed by atoms with Crippen LogP contribution in [0.15, 0.2) is 18.2 Å². The molecule has 0 aliphatic carbocycles. The molecule has 0 heterocycles. The number of carbonyl (C=O) groups is 4. The Balaban J connectivity index is 2.91. The molecule has 0 radical (unpaired) electrons. The zero-order valence-electron chi connectivity index (χ0n) is 10.6. The third-order valence-electron chi connectivity index (χ3n) is 2.53. The van der Waals surface area contributed by atoms with Gasteiger partial charge in [-0.05, 0) is 30.7 Å². The molecule has 1 rings (SSSR count). The van der Waals surface area contributed by atoms with Crippen molar-refractivity contribution in [2.45, 2.75) is 6.92 Å². The Morgan fingerprint density at radius 3 is 2.37 bits per heavy atom. The minimum atomic E-state index is -0.826. The van der Waals surface area contributed by atoms with Gasteiger partial charge in [-0.2, -0.15) is 0 Å². The van der Waals surface area contributed by atoms with Crippen LogP contribution in [0.2, 0.25) is 0 Å². The molecule has 0 saturated heterocycles. The van der Waals surface area contributed by atoms with Gasteiger partial charge in [0, 0.05) is 5.56 Å². The molecule has 0 bridgehead atoms. The Bertz CT molecular complexity index is 516. The summed E-state index contributed by atoms with van der Waals surface area (Å²) >= 11 is 0. The highest BCUT2D eigenvalue weighted by Crippen LogP contribution is 2.17. The SMILES string of the molecule is COc1ccc(C(=O)C(=O)CN(C=O)C=O)c(C)c1. The van der Waals surface area contributed by atoms with E-state index in [0.29, 0.717) is 16.2 Å². The van der Waals surface area contributed by atoms with E-state index in [1.165, 1.54) is 13.2 Å². The molecular formula is C13H13NO5. The van der Waals surface area contributed by atoms with Crippen molar-refractivity contribution in [2.24, 2.45) is 0 Å². The van der Waals surface area contributed by atoms with Crippen LogP contribution in [0.1, 0.15) is 15.9 Å². The summed E-state index contributed by atoms with van der Waals surface area (Å²) in [4.78, 5) is 44.9. The number of Topliss-reactive ketones (excluding diaryl/α,β-unsaturated/α-hetero) is 2. The maximum absolute atomic E-state index is 11.9. The van der Waals surface area contributed by atoms with Crippen LogP contribution in [0.25, 0.3) is 0 Å². The first kappa shape index (κ1) is 14.6. The summed E-state index contributed by atoms with van der Waals surface area (Å²) in [6.07, 6.45) is 0.387. The van der Waals surface area contributed by atoms with E-state index in [2.05, 4.69) is 0 Å². The predicted octanol–water partition coefficient (Wildman–Crippen LogP) is 0.370. The zero-order chi connectivity index (χ0) is 14.4. The maximum atomic E-state index is 11.9. The Hall–Kier alpha value is -2.50. The lowest BCUT2D eigenvalue weighted by Gasteiger charge is -2.09. The second-order valence-corrected chi connectivity index (χ2v) is 3.82. The lowest BCUT2D eigenvalue weighted by Crippen LogP contribution is -2.31. The van der Waals surface area contributed by atoms with Gasteiger partial charge in [0.2, 0.25) is 24.4 Å². The zero-order valence-corrected chi connectivity index (χ0v) is 10.6. The van der Waals surface area contributed by atoms with E-state index in [4.69, 9.17) is 4.74 Å². The number of methoxy groups -OCH3 is 1. The van der Waals surface area contributed by atoms with E-state index in [-0.39, 0.29) is 18.4 Å². The molecule has 19 heavy (non-hydrogen) atoms. The van der Waals surface area contributed by atoms with Gasteiger partial charge in [-0.1, -0.05) is 0 Å². The first-order valence-electron chi connectivity index (χ1n) is 5.42. The van der Waals surface area contributed by atoms with Crippen molar-refractivity contribution < 1.29 is 23.9 Å². The molecule has 2 amide bonds. The topological polar surface area (TPSA) is 80.8 Å².